The Balaban J connectivity index is 1.16. The molecule has 9 heteroatoms. The fraction of sp³-hybridized carbons (Fsp3) is 0.579. The molecule has 4 aliphatic rings. The van der Waals surface area contributed by atoms with Crippen LogP contribution in [0.25, 0.3) is 0 Å². The monoisotopic (exact) mass is 421 g/mol. The van der Waals surface area contributed by atoms with Crippen LogP contribution in [-0.4, -0.2) is 73.6 Å². The van der Waals surface area contributed by atoms with Crippen molar-refractivity contribution in [3.63, 3.8) is 0 Å². The van der Waals surface area contributed by atoms with E-state index in [1.807, 2.05) is 0 Å². The van der Waals surface area contributed by atoms with Gasteiger partial charge in [0.15, 0.2) is 0 Å². The lowest BCUT2D eigenvalue weighted by molar-refractivity contribution is -0.140. The number of piperazine rings is 1. The molecule has 1 saturated carbocycles. The number of sulfonamides is 1. The lowest BCUT2D eigenvalue weighted by Crippen LogP contribution is -2.50. The molecule has 4 atom stereocenters. The summed E-state index contributed by atoms with van der Waals surface area (Å²) in [6.45, 7) is 3.10. The highest BCUT2D eigenvalue weighted by atomic mass is 32.2. The first kappa shape index (κ1) is 18.5. The van der Waals surface area contributed by atoms with E-state index in [-0.39, 0.29) is 35.5 Å². The molecule has 7 nitrogen and oxygen atoms in total. The Morgan fingerprint density at radius 3 is 2.18 bits per heavy atom. The smallest absolute Gasteiger partial charge is 0.252 e. The van der Waals surface area contributed by atoms with E-state index in [0.717, 1.165) is 6.42 Å². The molecule has 0 unspecified atom stereocenters. The number of allylic oxidation sites excluding steroid dienone is 2. The molecular weight excluding hydrogens is 398 g/mol. The summed E-state index contributed by atoms with van der Waals surface area (Å²) in [5.41, 5.74) is 0. The lowest BCUT2D eigenvalue weighted by Gasteiger charge is -2.34. The highest BCUT2D eigenvalue weighted by Gasteiger charge is 2.59. The molecule has 1 aromatic rings. The van der Waals surface area contributed by atoms with Gasteiger partial charge in [0.2, 0.25) is 11.8 Å². The number of rotatable bonds is 5. The van der Waals surface area contributed by atoms with Crippen LogP contribution in [0.15, 0.2) is 33.9 Å². The number of imide groups is 1. The third-order valence-electron chi connectivity index (χ3n) is 6.62. The van der Waals surface area contributed by atoms with E-state index < -0.39 is 10.0 Å². The van der Waals surface area contributed by atoms with Gasteiger partial charge in [0.1, 0.15) is 4.21 Å². The molecule has 1 aromatic heterocycles. The van der Waals surface area contributed by atoms with Crippen molar-refractivity contribution in [3.8, 4) is 0 Å². The van der Waals surface area contributed by atoms with Gasteiger partial charge in [-0.05, 0) is 29.7 Å². The minimum atomic E-state index is -3.41. The molecule has 5 rings (SSSR count). The minimum Gasteiger partial charge on any atom is -0.299 e. The highest BCUT2D eigenvalue weighted by Crippen LogP contribution is 2.52. The Kier molecular flexibility index (Phi) is 4.46. The Hall–Kier alpha value is -1.55. The summed E-state index contributed by atoms with van der Waals surface area (Å²) < 4.78 is 27.1. The first-order chi connectivity index (χ1) is 13.5. The van der Waals surface area contributed by atoms with E-state index in [0.29, 0.717) is 43.5 Å². The number of nitrogens with zero attached hydrogens (tertiary/aromatic N) is 3. The average Bonchev–Trinajstić information content (AvgIpc) is 3.47. The molecule has 2 bridgehead atoms. The molecule has 0 spiro atoms. The van der Waals surface area contributed by atoms with Crippen LogP contribution in [0.1, 0.15) is 6.42 Å². The Morgan fingerprint density at radius 2 is 1.61 bits per heavy atom. The third kappa shape index (κ3) is 2.79. The van der Waals surface area contributed by atoms with Crippen molar-refractivity contribution in [2.75, 3.05) is 39.3 Å². The number of hydrogen-bond acceptors (Lipinski definition) is 6. The van der Waals surface area contributed by atoms with Crippen molar-refractivity contribution < 1.29 is 18.0 Å². The summed E-state index contributed by atoms with van der Waals surface area (Å²) in [6.07, 6.45) is 5.16. The van der Waals surface area contributed by atoms with Gasteiger partial charge in [-0.25, -0.2) is 8.42 Å². The summed E-state index contributed by atoms with van der Waals surface area (Å²) in [5, 5.41) is 1.77. The first-order valence-electron chi connectivity index (χ1n) is 9.76. The average molecular weight is 422 g/mol. The van der Waals surface area contributed by atoms with Crippen molar-refractivity contribution in [3.05, 3.63) is 29.7 Å². The second-order valence-electron chi connectivity index (χ2n) is 8.01. The predicted molar refractivity (Wildman–Crippen MR) is 104 cm³/mol. The second kappa shape index (κ2) is 6.76. The molecule has 0 radical (unpaired) electrons. The quantitative estimate of drug-likeness (QED) is 0.521. The molecule has 0 aromatic carbocycles. The van der Waals surface area contributed by atoms with Gasteiger partial charge in [-0.1, -0.05) is 18.2 Å². The van der Waals surface area contributed by atoms with Gasteiger partial charge in [0, 0.05) is 39.3 Å². The van der Waals surface area contributed by atoms with Crippen LogP contribution in [0.3, 0.4) is 0 Å². The molecule has 3 fully saturated rings. The Morgan fingerprint density at radius 1 is 0.964 bits per heavy atom. The fourth-order valence-electron chi connectivity index (χ4n) is 5.16. The maximum Gasteiger partial charge on any atom is 0.252 e. The van der Waals surface area contributed by atoms with Crippen molar-refractivity contribution >= 4 is 33.2 Å². The Labute approximate surface area is 168 Å². The Bertz CT molecular complexity index is 889. The van der Waals surface area contributed by atoms with E-state index in [2.05, 4.69) is 17.1 Å². The SMILES string of the molecule is O=C1[C@@H]2[C@H](C(=O)N1CCN1CCN(S(=O)(=O)c3cccs3)CC1)[C@@H]1C=C[C@H]2C1. The molecule has 0 N–H and O–H groups in total. The maximum absolute atomic E-state index is 12.7. The van der Waals surface area contributed by atoms with Crippen molar-refractivity contribution in [2.24, 2.45) is 23.7 Å². The van der Waals surface area contributed by atoms with Crippen LogP contribution in [0.5, 0.6) is 0 Å². The molecule has 3 heterocycles. The minimum absolute atomic E-state index is 0.00856. The molecular formula is C19H23N3O4S2. The van der Waals surface area contributed by atoms with Crippen LogP contribution in [0.4, 0.5) is 0 Å². The van der Waals surface area contributed by atoms with Crippen LogP contribution in [0.2, 0.25) is 0 Å². The zero-order chi connectivity index (χ0) is 19.5. The highest BCUT2D eigenvalue weighted by molar-refractivity contribution is 7.91. The van der Waals surface area contributed by atoms with Crippen molar-refractivity contribution in [1.29, 1.82) is 0 Å². The normalized spacial score (nSPS) is 33.2. The summed E-state index contributed by atoms with van der Waals surface area (Å²) in [5.74, 6) is 0.173. The van der Waals surface area contributed by atoms with E-state index in [9.17, 15) is 18.0 Å². The predicted octanol–water partition coefficient (Wildman–Crippen LogP) is 0.862. The number of fused-ring (bicyclic) bond motifs is 5. The van der Waals surface area contributed by atoms with Gasteiger partial charge in [0.25, 0.3) is 10.0 Å². The van der Waals surface area contributed by atoms with Crippen LogP contribution < -0.4 is 0 Å². The number of amides is 2. The molecule has 150 valence electrons. The van der Waals surface area contributed by atoms with Crippen molar-refractivity contribution in [1.82, 2.24) is 14.1 Å². The van der Waals surface area contributed by atoms with Gasteiger partial charge in [-0.15, -0.1) is 11.3 Å². The molecule has 28 heavy (non-hydrogen) atoms. The standard InChI is InChI=1S/C19H23N3O4S2/c23-18-16-13-3-4-14(12-13)17(16)19(24)22(18)10-7-20-5-8-21(9-6-20)28(25,26)15-2-1-11-27-15/h1-4,11,13-14,16-17H,5-10,12H2/t13-,14+,16-,17+. The topological polar surface area (TPSA) is 78.0 Å². The first-order valence-corrected chi connectivity index (χ1v) is 12.1. The number of carbonyl (C=O) groups is 2. The summed E-state index contributed by atoms with van der Waals surface area (Å²) >= 11 is 1.24. The third-order valence-corrected chi connectivity index (χ3v) is 9.89. The largest absolute Gasteiger partial charge is 0.299 e. The second-order valence-corrected chi connectivity index (χ2v) is 11.1. The summed E-state index contributed by atoms with van der Waals surface area (Å²) in [6, 6.07) is 3.38. The molecule has 2 saturated heterocycles. The van der Waals surface area contributed by atoms with Gasteiger partial charge < -0.3 is 0 Å². The van der Waals surface area contributed by atoms with Gasteiger partial charge >= 0.3 is 0 Å². The van der Waals surface area contributed by atoms with Gasteiger partial charge in [-0.2, -0.15) is 4.31 Å². The van der Waals surface area contributed by atoms with E-state index in [1.54, 1.807) is 17.5 Å². The van der Waals surface area contributed by atoms with E-state index in [4.69, 9.17) is 0 Å². The summed E-state index contributed by atoms with van der Waals surface area (Å²) in [4.78, 5) is 29.1. The molecule has 2 amide bonds. The maximum atomic E-state index is 12.7. The van der Waals surface area contributed by atoms with E-state index in [1.165, 1.54) is 20.5 Å². The van der Waals surface area contributed by atoms with Gasteiger partial charge in [-0.3, -0.25) is 19.4 Å². The summed E-state index contributed by atoms with van der Waals surface area (Å²) in [7, 11) is -3.41. The number of carbonyl (C=O) groups excluding carboxylic acids is 2. The fourth-order valence-corrected chi connectivity index (χ4v) is 7.72. The van der Waals surface area contributed by atoms with Crippen LogP contribution >= 0.6 is 11.3 Å². The van der Waals surface area contributed by atoms with E-state index >= 15 is 0 Å². The zero-order valence-corrected chi connectivity index (χ0v) is 17.1. The zero-order valence-electron chi connectivity index (χ0n) is 15.4. The lowest BCUT2D eigenvalue weighted by atomic mass is 9.85. The molecule has 2 aliphatic heterocycles. The number of hydrogen-bond donors (Lipinski definition) is 0. The molecule has 2 aliphatic carbocycles. The van der Waals surface area contributed by atoms with Gasteiger partial charge in [0.05, 0.1) is 11.8 Å². The number of thiophene rings is 1. The van der Waals surface area contributed by atoms with Crippen LogP contribution in [-0.2, 0) is 19.6 Å². The number of likely N-dealkylation sites (tertiary alicyclic amines) is 1. The van der Waals surface area contributed by atoms with Crippen LogP contribution in [0, 0.1) is 23.7 Å². The van der Waals surface area contributed by atoms with Crippen molar-refractivity contribution in [2.45, 2.75) is 10.6 Å².